The van der Waals surface area contributed by atoms with Crippen LogP contribution in [0.1, 0.15) is 20.8 Å². The second kappa shape index (κ2) is 8.01. The van der Waals surface area contributed by atoms with Crippen molar-refractivity contribution in [3.63, 3.8) is 0 Å². The maximum absolute atomic E-state index is 13.0. The van der Waals surface area contributed by atoms with Crippen molar-refractivity contribution >= 4 is 33.5 Å². The number of carbonyl (C=O) groups is 1. The number of nitrogen functional groups attached to an aromatic ring is 1. The first kappa shape index (κ1) is 18.5. The first-order chi connectivity index (χ1) is 14.2. The number of benzene rings is 3. The molecule has 3 N–H and O–H groups in total. The number of hydrogen-bond acceptors (Lipinski definition) is 5. The van der Waals surface area contributed by atoms with Crippen molar-refractivity contribution in [3.8, 4) is 17.2 Å². The van der Waals surface area contributed by atoms with Crippen LogP contribution in [0, 0.1) is 11.3 Å². The molecule has 0 saturated heterocycles. The molecular formula is C24H17N3OS. The molecule has 0 bridgehead atoms. The highest BCUT2D eigenvalue weighted by atomic mass is 32.1. The van der Waals surface area contributed by atoms with Crippen LogP contribution >= 0.6 is 11.3 Å². The molecule has 0 saturated carbocycles. The molecule has 1 aromatic heterocycles. The number of anilines is 3. The van der Waals surface area contributed by atoms with Crippen LogP contribution in [0.25, 0.3) is 11.1 Å². The SMILES string of the molecule is N#Cc1c(Nc2ccccc2)sc(C(=O)c2ccc(-c3ccccc3)cc2)c1N. The first-order valence-electron chi connectivity index (χ1n) is 9.02. The van der Waals surface area contributed by atoms with E-state index in [1.54, 1.807) is 12.1 Å². The van der Waals surface area contributed by atoms with E-state index in [4.69, 9.17) is 5.73 Å². The summed E-state index contributed by atoms with van der Waals surface area (Å²) in [5.74, 6) is -0.190. The van der Waals surface area contributed by atoms with Gasteiger partial charge in [0, 0.05) is 11.3 Å². The number of para-hydroxylation sites is 1. The summed E-state index contributed by atoms with van der Waals surface area (Å²) in [6.07, 6.45) is 0. The Kier molecular flexibility index (Phi) is 5.10. The maximum Gasteiger partial charge on any atom is 0.205 e. The summed E-state index contributed by atoms with van der Waals surface area (Å²) in [5.41, 5.74) is 10.1. The second-order valence-corrected chi connectivity index (χ2v) is 7.44. The highest BCUT2D eigenvalue weighted by molar-refractivity contribution is 7.19. The lowest BCUT2D eigenvalue weighted by Crippen LogP contribution is -2.02. The summed E-state index contributed by atoms with van der Waals surface area (Å²) in [5, 5.41) is 13.3. The Hall–Kier alpha value is -3.88. The lowest BCUT2D eigenvalue weighted by Gasteiger charge is -2.04. The van der Waals surface area contributed by atoms with Gasteiger partial charge in [0.15, 0.2) is 0 Å². The summed E-state index contributed by atoms with van der Waals surface area (Å²) < 4.78 is 0. The van der Waals surface area contributed by atoms with Crippen molar-refractivity contribution in [2.24, 2.45) is 0 Å². The van der Waals surface area contributed by atoms with Crippen LogP contribution in [-0.4, -0.2) is 5.78 Å². The van der Waals surface area contributed by atoms with E-state index < -0.39 is 0 Å². The zero-order valence-corrected chi connectivity index (χ0v) is 16.2. The number of nitrogens with zero attached hydrogens (tertiary/aromatic N) is 1. The fourth-order valence-corrected chi connectivity index (χ4v) is 4.09. The number of nitriles is 1. The van der Waals surface area contributed by atoms with Crippen LogP contribution in [0.15, 0.2) is 84.9 Å². The van der Waals surface area contributed by atoms with Crippen molar-refractivity contribution in [2.45, 2.75) is 0 Å². The minimum absolute atomic E-state index is 0.190. The fourth-order valence-electron chi connectivity index (χ4n) is 3.04. The minimum atomic E-state index is -0.190. The first-order valence-corrected chi connectivity index (χ1v) is 9.83. The number of rotatable bonds is 5. The van der Waals surface area contributed by atoms with Gasteiger partial charge in [-0.2, -0.15) is 5.26 Å². The molecule has 0 aliphatic heterocycles. The quantitative estimate of drug-likeness (QED) is 0.416. The Morgan fingerprint density at radius 1 is 0.862 bits per heavy atom. The molecule has 1 heterocycles. The molecule has 0 spiro atoms. The average molecular weight is 395 g/mol. The van der Waals surface area contributed by atoms with Crippen molar-refractivity contribution in [3.05, 3.63) is 101 Å². The molecule has 4 aromatic rings. The number of nitrogens with one attached hydrogen (secondary N) is 1. The molecule has 0 aliphatic carbocycles. The molecule has 140 valence electrons. The van der Waals surface area contributed by atoms with Gasteiger partial charge in [0.25, 0.3) is 0 Å². The summed E-state index contributed by atoms with van der Waals surface area (Å²) in [6, 6.07) is 29.0. The lowest BCUT2D eigenvalue weighted by molar-refractivity contribution is 0.104. The van der Waals surface area contributed by atoms with E-state index in [0.717, 1.165) is 16.8 Å². The largest absolute Gasteiger partial charge is 0.396 e. The van der Waals surface area contributed by atoms with Crippen LogP contribution in [0.2, 0.25) is 0 Å². The molecule has 5 heteroatoms. The molecule has 4 nitrogen and oxygen atoms in total. The summed E-state index contributed by atoms with van der Waals surface area (Å²) in [6.45, 7) is 0. The van der Waals surface area contributed by atoms with Crippen LogP contribution in [-0.2, 0) is 0 Å². The molecular weight excluding hydrogens is 378 g/mol. The average Bonchev–Trinajstić information content (AvgIpc) is 3.09. The smallest absolute Gasteiger partial charge is 0.205 e. The van der Waals surface area contributed by atoms with Gasteiger partial charge in [0.05, 0.1) is 5.69 Å². The van der Waals surface area contributed by atoms with Gasteiger partial charge in [0.1, 0.15) is 21.5 Å². The van der Waals surface area contributed by atoms with Crippen LogP contribution < -0.4 is 11.1 Å². The molecule has 4 rings (SSSR count). The number of nitrogens with two attached hydrogens (primary N) is 1. The van der Waals surface area contributed by atoms with Gasteiger partial charge in [-0.1, -0.05) is 72.8 Å². The summed E-state index contributed by atoms with van der Waals surface area (Å²) >= 11 is 1.20. The van der Waals surface area contributed by atoms with Crippen molar-refractivity contribution in [1.82, 2.24) is 0 Å². The third kappa shape index (κ3) is 3.75. The third-order valence-electron chi connectivity index (χ3n) is 4.55. The van der Waals surface area contributed by atoms with E-state index in [1.807, 2.05) is 72.8 Å². The fraction of sp³-hybridized carbons (Fsp3) is 0. The number of carbonyl (C=O) groups excluding carboxylic acids is 1. The van der Waals surface area contributed by atoms with Gasteiger partial charge in [-0.25, -0.2) is 0 Å². The molecule has 29 heavy (non-hydrogen) atoms. The maximum atomic E-state index is 13.0. The molecule has 0 unspecified atom stereocenters. The summed E-state index contributed by atoms with van der Waals surface area (Å²) in [7, 11) is 0. The molecule has 0 fully saturated rings. The van der Waals surface area contributed by atoms with E-state index in [-0.39, 0.29) is 11.5 Å². The minimum Gasteiger partial charge on any atom is -0.396 e. The Labute approximate surface area is 172 Å². The lowest BCUT2D eigenvalue weighted by atomic mass is 10.0. The normalized spacial score (nSPS) is 10.3. The van der Waals surface area contributed by atoms with E-state index in [1.165, 1.54) is 11.3 Å². The van der Waals surface area contributed by atoms with Crippen molar-refractivity contribution < 1.29 is 4.79 Å². The van der Waals surface area contributed by atoms with Gasteiger partial charge < -0.3 is 11.1 Å². The van der Waals surface area contributed by atoms with Crippen molar-refractivity contribution in [1.29, 1.82) is 5.26 Å². The number of ketones is 1. The van der Waals surface area contributed by atoms with Crippen LogP contribution in [0.5, 0.6) is 0 Å². The zero-order valence-electron chi connectivity index (χ0n) is 15.4. The molecule has 3 aromatic carbocycles. The molecule has 0 aliphatic rings. The predicted molar refractivity (Wildman–Crippen MR) is 118 cm³/mol. The highest BCUT2D eigenvalue weighted by Crippen LogP contribution is 2.38. The topological polar surface area (TPSA) is 78.9 Å². The Bertz CT molecular complexity index is 1190. The van der Waals surface area contributed by atoms with Gasteiger partial charge in [-0.3, -0.25) is 4.79 Å². The standard InChI is InChI=1S/C24H17N3OS/c25-15-20-21(26)23(29-24(20)27-19-9-5-2-6-10-19)22(28)18-13-11-17(12-14-18)16-7-3-1-4-8-16/h1-14,27H,26H2. The monoisotopic (exact) mass is 395 g/mol. The van der Waals surface area contributed by atoms with Crippen LogP contribution in [0.3, 0.4) is 0 Å². The molecule has 0 radical (unpaired) electrons. The van der Waals surface area contributed by atoms with Gasteiger partial charge >= 0.3 is 0 Å². The summed E-state index contributed by atoms with van der Waals surface area (Å²) in [4.78, 5) is 13.4. The zero-order chi connectivity index (χ0) is 20.2. The highest BCUT2D eigenvalue weighted by Gasteiger charge is 2.22. The Balaban J connectivity index is 1.64. The van der Waals surface area contributed by atoms with E-state index >= 15 is 0 Å². The molecule has 0 amide bonds. The Morgan fingerprint density at radius 3 is 2.07 bits per heavy atom. The Morgan fingerprint density at radius 2 is 1.45 bits per heavy atom. The van der Waals surface area contributed by atoms with Gasteiger partial charge in [-0.05, 0) is 23.3 Å². The number of hydrogen-bond donors (Lipinski definition) is 2. The van der Waals surface area contributed by atoms with E-state index in [9.17, 15) is 10.1 Å². The molecule has 0 atom stereocenters. The second-order valence-electron chi connectivity index (χ2n) is 6.42. The van der Waals surface area contributed by atoms with E-state index in [0.29, 0.717) is 21.0 Å². The van der Waals surface area contributed by atoms with Crippen LogP contribution in [0.4, 0.5) is 16.4 Å². The van der Waals surface area contributed by atoms with E-state index in [2.05, 4.69) is 11.4 Å². The van der Waals surface area contributed by atoms with Gasteiger partial charge in [0.2, 0.25) is 5.78 Å². The number of thiophene rings is 1. The predicted octanol–water partition coefficient (Wildman–Crippen LogP) is 5.84. The van der Waals surface area contributed by atoms with Gasteiger partial charge in [-0.15, -0.1) is 11.3 Å². The third-order valence-corrected chi connectivity index (χ3v) is 5.67. The van der Waals surface area contributed by atoms with Crippen molar-refractivity contribution in [2.75, 3.05) is 11.1 Å².